The summed E-state index contributed by atoms with van der Waals surface area (Å²) < 4.78 is 15.3. The third-order valence-corrected chi connectivity index (χ3v) is 3.73. The third-order valence-electron chi connectivity index (χ3n) is 3.73. The Bertz CT molecular complexity index is 506. The molecule has 23 heavy (non-hydrogen) atoms. The number of methoxy groups -OCH3 is 1. The third kappa shape index (κ3) is 5.27. The Hall–Kier alpha value is -2.04. The zero-order chi connectivity index (χ0) is 17.3. The summed E-state index contributed by atoms with van der Waals surface area (Å²) in [7, 11) is 1.62. The van der Waals surface area contributed by atoms with Crippen molar-refractivity contribution in [2.24, 2.45) is 5.41 Å². The molecule has 0 unspecified atom stereocenters. The average molecular weight is 322 g/mol. The van der Waals surface area contributed by atoms with Crippen LogP contribution in [0.15, 0.2) is 24.3 Å². The van der Waals surface area contributed by atoms with Gasteiger partial charge < -0.3 is 14.2 Å². The van der Waals surface area contributed by atoms with Crippen LogP contribution in [-0.2, 0) is 25.5 Å². The molecule has 0 saturated carbocycles. The van der Waals surface area contributed by atoms with Gasteiger partial charge in [0.1, 0.15) is 5.75 Å². The summed E-state index contributed by atoms with van der Waals surface area (Å²) >= 11 is 0. The fraction of sp³-hybridized carbons (Fsp3) is 0.556. The Morgan fingerprint density at radius 1 is 1.09 bits per heavy atom. The minimum absolute atomic E-state index is 0.240. The summed E-state index contributed by atoms with van der Waals surface area (Å²) in [5, 5.41) is 0. The smallest absolute Gasteiger partial charge is 0.323 e. The van der Waals surface area contributed by atoms with E-state index in [0.29, 0.717) is 12.8 Å². The van der Waals surface area contributed by atoms with E-state index in [1.54, 1.807) is 27.9 Å². The van der Waals surface area contributed by atoms with Crippen molar-refractivity contribution in [1.82, 2.24) is 0 Å². The fourth-order valence-corrected chi connectivity index (χ4v) is 2.34. The lowest BCUT2D eigenvalue weighted by Gasteiger charge is -2.24. The number of hydrogen-bond donors (Lipinski definition) is 0. The Morgan fingerprint density at radius 2 is 1.70 bits per heavy atom. The Labute approximate surface area is 137 Å². The minimum Gasteiger partial charge on any atom is -0.497 e. The molecule has 5 nitrogen and oxygen atoms in total. The molecule has 0 aliphatic carbocycles. The number of benzene rings is 1. The Morgan fingerprint density at radius 3 is 2.22 bits per heavy atom. The van der Waals surface area contributed by atoms with Gasteiger partial charge in [-0.15, -0.1) is 0 Å². The van der Waals surface area contributed by atoms with E-state index in [2.05, 4.69) is 0 Å². The molecule has 0 fully saturated rings. The van der Waals surface area contributed by atoms with Crippen molar-refractivity contribution < 1.29 is 23.8 Å². The highest BCUT2D eigenvalue weighted by molar-refractivity contribution is 5.99. The van der Waals surface area contributed by atoms with Crippen LogP contribution in [0.2, 0.25) is 0 Å². The van der Waals surface area contributed by atoms with Crippen LogP contribution in [-0.4, -0.2) is 32.3 Å². The van der Waals surface area contributed by atoms with Crippen molar-refractivity contribution in [2.45, 2.75) is 40.0 Å². The van der Waals surface area contributed by atoms with Crippen molar-refractivity contribution in [3.05, 3.63) is 29.8 Å². The molecular weight excluding hydrogens is 296 g/mol. The molecular formula is C18H26O5. The van der Waals surface area contributed by atoms with Crippen LogP contribution >= 0.6 is 0 Å². The molecule has 1 aromatic rings. The molecule has 0 bridgehead atoms. The fourth-order valence-electron chi connectivity index (χ4n) is 2.34. The summed E-state index contributed by atoms with van der Waals surface area (Å²) in [6, 6.07) is 7.75. The zero-order valence-corrected chi connectivity index (χ0v) is 14.4. The van der Waals surface area contributed by atoms with Gasteiger partial charge in [-0.3, -0.25) is 9.59 Å². The minimum atomic E-state index is -1.26. The molecule has 0 aromatic heterocycles. The first-order chi connectivity index (χ1) is 11.0. The Kier molecular flexibility index (Phi) is 7.59. The molecule has 0 N–H and O–H groups in total. The maximum Gasteiger partial charge on any atom is 0.323 e. The second kappa shape index (κ2) is 9.18. The van der Waals surface area contributed by atoms with Crippen LogP contribution in [0.25, 0.3) is 0 Å². The summed E-state index contributed by atoms with van der Waals surface area (Å²) in [4.78, 5) is 24.4. The summed E-state index contributed by atoms with van der Waals surface area (Å²) in [6.45, 7) is 5.52. The van der Waals surface area contributed by atoms with E-state index in [0.717, 1.165) is 17.7 Å². The van der Waals surface area contributed by atoms with Gasteiger partial charge in [0.15, 0.2) is 5.41 Å². The monoisotopic (exact) mass is 322 g/mol. The summed E-state index contributed by atoms with van der Waals surface area (Å²) in [5.41, 5.74) is -0.162. The number of esters is 2. The molecule has 0 aliphatic rings. The highest BCUT2D eigenvalue weighted by Crippen LogP contribution is 2.28. The van der Waals surface area contributed by atoms with Crippen LogP contribution in [0.5, 0.6) is 5.75 Å². The molecule has 0 spiro atoms. The van der Waals surface area contributed by atoms with E-state index < -0.39 is 17.4 Å². The predicted octanol–water partition coefficient (Wildman–Crippen LogP) is 3.15. The van der Waals surface area contributed by atoms with Crippen LogP contribution in [0, 0.1) is 5.41 Å². The lowest BCUT2D eigenvalue weighted by Crippen LogP contribution is -2.39. The average Bonchev–Trinajstić information content (AvgIpc) is 2.55. The van der Waals surface area contributed by atoms with Crippen LogP contribution < -0.4 is 4.74 Å². The van der Waals surface area contributed by atoms with Gasteiger partial charge in [0.05, 0.1) is 20.3 Å². The van der Waals surface area contributed by atoms with Gasteiger partial charge in [-0.05, 0) is 57.7 Å². The summed E-state index contributed by atoms with van der Waals surface area (Å²) in [5.74, 6) is -0.255. The lowest BCUT2D eigenvalue weighted by molar-refractivity contribution is -0.171. The number of ether oxygens (including phenoxy) is 3. The number of rotatable bonds is 9. The second-order valence-corrected chi connectivity index (χ2v) is 5.48. The molecule has 128 valence electrons. The van der Waals surface area contributed by atoms with Crippen molar-refractivity contribution in [3.8, 4) is 5.75 Å². The van der Waals surface area contributed by atoms with E-state index in [-0.39, 0.29) is 13.2 Å². The van der Waals surface area contributed by atoms with E-state index >= 15 is 0 Å². The first kappa shape index (κ1) is 19.0. The van der Waals surface area contributed by atoms with E-state index in [1.807, 2.05) is 24.3 Å². The zero-order valence-electron chi connectivity index (χ0n) is 14.4. The van der Waals surface area contributed by atoms with Gasteiger partial charge in [0, 0.05) is 0 Å². The number of hydrogen-bond acceptors (Lipinski definition) is 5. The molecule has 0 aliphatic heterocycles. The molecule has 0 radical (unpaired) electrons. The SMILES string of the molecule is CCOC(=O)C(C)(CCCc1cccc(OC)c1)C(=O)OCC. The molecule has 0 heterocycles. The van der Waals surface area contributed by atoms with Gasteiger partial charge in [0.2, 0.25) is 0 Å². The molecule has 1 rings (SSSR count). The van der Waals surface area contributed by atoms with Crippen molar-refractivity contribution in [1.29, 1.82) is 0 Å². The van der Waals surface area contributed by atoms with Crippen LogP contribution in [0.1, 0.15) is 39.2 Å². The number of aryl methyl sites for hydroxylation is 1. The maximum atomic E-state index is 12.2. The molecule has 0 amide bonds. The highest BCUT2D eigenvalue weighted by Gasteiger charge is 2.43. The molecule has 5 heteroatoms. The maximum absolute atomic E-state index is 12.2. The molecule has 1 aromatic carbocycles. The standard InChI is InChI=1S/C18H26O5/c1-5-22-16(19)18(3,17(20)23-6-2)12-8-10-14-9-7-11-15(13-14)21-4/h7,9,11,13H,5-6,8,10,12H2,1-4H3. The number of carbonyl (C=O) groups excluding carboxylic acids is 2. The first-order valence-corrected chi connectivity index (χ1v) is 7.95. The lowest BCUT2D eigenvalue weighted by atomic mass is 9.84. The molecule has 0 saturated heterocycles. The number of carbonyl (C=O) groups is 2. The van der Waals surface area contributed by atoms with E-state index in [9.17, 15) is 9.59 Å². The van der Waals surface area contributed by atoms with Crippen molar-refractivity contribution in [2.75, 3.05) is 20.3 Å². The van der Waals surface area contributed by atoms with Gasteiger partial charge in [-0.2, -0.15) is 0 Å². The quantitative estimate of drug-likeness (QED) is 0.516. The highest BCUT2D eigenvalue weighted by atomic mass is 16.6. The molecule has 0 atom stereocenters. The van der Waals surface area contributed by atoms with Gasteiger partial charge in [0.25, 0.3) is 0 Å². The van der Waals surface area contributed by atoms with Crippen molar-refractivity contribution in [3.63, 3.8) is 0 Å². The van der Waals surface area contributed by atoms with Gasteiger partial charge >= 0.3 is 11.9 Å². The van der Waals surface area contributed by atoms with Gasteiger partial charge in [-0.1, -0.05) is 12.1 Å². The summed E-state index contributed by atoms with van der Waals surface area (Å²) in [6.07, 6.45) is 1.79. The normalized spacial score (nSPS) is 11.0. The van der Waals surface area contributed by atoms with E-state index in [4.69, 9.17) is 14.2 Å². The largest absolute Gasteiger partial charge is 0.497 e. The van der Waals surface area contributed by atoms with Crippen molar-refractivity contribution >= 4 is 11.9 Å². The van der Waals surface area contributed by atoms with Crippen LogP contribution in [0.4, 0.5) is 0 Å². The predicted molar refractivity (Wildman–Crippen MR) is 87.3 cm³/mol. The topological polar surface area (TPSA) is 61.8 Å². The van der Waals surface area contributed by atoms with Crippen LogP contribution in [0.3, 0.4) is 0 Å². The van der Waals surface area contributed by atoms with Gasteiger partial charge in [-0.25, -0.2) is 0 Å². The first-order valence-electron chi connectivity index (χ1n) is 7.95. The Balaban J connectivity index is 2.73. The van der Waals surface area contributed by atoms with E-state index in [1.165, 1.54) is 0 Å². The second-order valence-electron chi connectivity index (χ2n) is 5.48.